The van der Waals surface area contributed by atoms with E-state index in [0.717, 1.165) is 82.9 Å². The van der Waals surface area contributed by atoms with Gasteiger partial charge in [0.1, 0.15) is 33.5 Å². The quantitative estimate of drug-likeness (QED) is 0.220. The average Bonchev–Trinajstić information content (AvgIpc) is 3.68. The highest BCUT2D eigenvalue weighted by atomic mass is 35.5. The predicted octanol–water partition coefficient (Wildman–Crippen LogP) is 11.5. The molecule has 0 radical (unpaired) electrons. The fourth-order valence-electron chi connectivity index (χ4n) is 6.07. The standard InChI is InChI=1S/C36H20ClNO3/c37-29-19-23(20-35-36(29)26-9-3-6-12-32(26)41-35)38(21-13-15-33-27(17-21)24-7-1-4-10-30(24)39-33)22-14-16-34-28(18-22)25-8-2-5-11-31(25)40-34/h1-20H. The van der Waals surface area contributed by atoms with E-state index in [1.807, 2.05) is 78.9 Å². The average molecular weight is 550 g/mol. The van der Waals surface area contributed by atoms with Crippen LogP contribution in [0.1, 0.15) is 0 Å². The smallest absolute Gasteiger partial charge is 0.139 e. The zero-order valence-electron chi connectivity index (χ0n) is 21.6. The van der Waals surface area contributed by atoms with Crippen molar-refractivity contribution < 1.29 is 13.3 Å². The third kappa shape index (κ3) is 3.35. The lowest BCUT2D eigenvalue weighted by atomic mass is 10.1. The van der Waals surface area contributed by atoms with Gasteiger partial charge in [-0.3, -0.25) is 0 Å². The molecule has 4 nitrogen and oxygen atoms in total. The van der Waals surface area contributed by atoms with Crippen LogP contribution in [0.3, 0.4) is 0 Å². The molecule has 0 atom stereocenters. The van der Waals surface area contributed by atoms with Crippen LogP contribution >= 0.6 is 11.6 Å². The van der Waals surface area contributed by atoms with E-state index in [-0.39, 0.29) is 0 Å². The Morgan fingerprint density at radius 3 is 1.44 bits per heavy atom. The lowest BCUT2D eigenvalue weighted by molar-refractivity contribution is 0.668. The van der Waals surface area contributed by atoms with Gasteiger partial charge in [-0.05, 0) is 60.7 Å². The van der Waals surface area contributed by atoms with Crippen LogP contribution in [-0.4, -0.2) is 0 Å². The maximum atomic E-state index is 7.00. The summed E-state index contributed by atoms with van der Waals surface area (Å²) >= 11 is 7.00. The van der Waals surface area contributed by atoms with Crippen molar-refractivity contribution in [3.8, 4) is 0 Å². The molecule has 0 unspecified atom stereocenters. The third-order valence-corrected chi connectivity index (χ3v) is 8.21. The Bertz CT molecular complexity index is 2350. The molecule has 0 spiro atoms. The van der Waals surface area contributed by atoms with Crippen LogP contribution in [0.5, 0.6) is 0 Å². The van der Waals surface area contributed by atoms with Crippen LogP contribution in [-0.2, 0) is 0 Å². The summed E-state index contributed by atoms with van der Waals surface area (Å²) in [6.45, 7) is 0. The van der Waals surface area contributed by atoms with Gasteiger partial charge in [-0.2, -0.15) is 0 Å². The summed E-state index contributed by atoms with van der Waals surface area (Å²) in [4.78, 5) is 2.21. The largest absolute Gasteiger partial charge is 0.456 e. The molecule has 3 aromatic heterocycles. The number of para-hydroxylation sites is 3. The van der Waals surface area contributed by atoms with Crippen LogP contribution in [0.15, 0.2) is 135 Å². The monoisotopic (exact) mass is 549 g/mol. The van der Waals surface area contributed by atoms with Crippen molar-refractivity contribution >= 4 is 94.5 Å². The third-order valence-electron chi connectivity index (χ3n) is 7.91. The number of halogens is 1. The van der Waals surface area contributed by atoms with E-state index in [0.29, 0.717) is 5.02 Å². The van der Waals surface area contributed by atoms with Crippen LogP contribution in [0, 0.1) is 0 Å². The maximum Gasteiger partial charge on any atom is 0.139 e. The first-order valence-electron chi connectivity index (χ1n) is 13.4. The molecule has 0 aliphatic carbocycles. The molecular weight excluding hydrogens is 530 g/mol. The molecule has 0 amide bonds. The van der Waals surface area contributed by atoms with Crippen molar-refractivity contribution in [3.63, 3.8) is 0 Å². The summed E-state index contributed by atoms with van der Waals surface area (Å²) < 4.78 is 18.6. The summed E-state index contributed by atoms with van der Waals surface area (Å²) in [6, 6.07) is 40.9. The summed E-state index contributed by atoms with van der Waals surface area (Å²) in [7, 11) is 0. The molecule has 9 rings (SSSR count). The van der Waals surface area contributed by atoms with Crippen molar-refractivity contribution in [1.82, 2.24) is 0 Å². The normalized spacial score (nSPS) is 12.0. The highest BCUT2D eigenvalue weighted by Crippen LogP contribution is 2.44. The Morgan fingerprint density at radius 2 is 0.854 bits per heavy atom. The van der Waals surface area contributed by atoms with Gasteiger partial charge < -0.3 is 18.2 Å². The number of nitrogens with zero attached hydrogens (tertiary/aromatic N) is 1. The van der Waals surface area contributed by atoms with E-state index in [2.05, 4.69) is 47.4 Å². The zero-order chi connectivity index (χ0) is 27.1. The molecule has 0 saturated heterocycles. The molecular formula is C36H20ClNO3. The van der Waals surface area contributed by atoms with Gasteiger partial charge in [-0.15, -0.1) is 0 Å². The Morgan fingerprint density at radius 1 is 0.390 bits per heavy atom. The number of hydrogen-bond acceptors (Lipinski definition) is 4. The van der Waals surface area contributed by atoms with Gasteiger partial charge in [-0.1, -0.05) is 66.2 Å². The molecule has 194 valence electrons. The summed E-state index contributed by atoms with van der Waals surface area (Å²) in [5, 5.41) is 6.80. The molecule has 5 heteroatoms. The molecule has 3 heterocycles. The van der Waals surface area contributed by atoms with Gasteiger partial charge in [-0.25, -0.2) is 0 Å². The number of hydrogen-bond donors (Lipinski definition) is 0. The predicted molar refractivity (Wildman–Crippen MR) is 168 cm³/mol. The SMILES string of the molecule is Clc1cc(N(c2ccc3oc4ccccc4c3c2)c2ccc3oc4ccccc4c3c2)cc2oc3ccccc3c12. The molecule has 0 aliphatic heterocycles. The van der Waals surface area contributed by atoms with Crippen molar-refractivity contribution in [3.05, 3.63) is 126 Å². The Hall–Kier alpha value is -5.19. The topological polar surface area (TPSA) is 42.7 Å². The van der Waals surface area contributed by atoms with Gasteiger partial charge in [0.15, 0.2) is 0 Å². The van der Waals surface area contributed by atoms with Gasteiger partial charge in [0.2, 0.25) is 0 Å². The minimum atomic E-state index is 0.636. The van der Waals surface area contributed by atoms with Gasteiger partial charge in [0.25, 0.3) is 0 Å². The molecule has 0 aliphatic rings. The molecule has 9 aromatic rings. The number of rotatable bonds is 3. The lowest BCUT2D eigenvalue weighted by Gasteiger charge is -2.26. The fraction of sp³-hybridized carbons (Fsp3) is 0. The molecule has 0 bridgehead atoms. The van der Waals surface area contributed by atoms with Gasteiger partial charge in [0.05, 0.1) is 10.7 Å². The minimum Gasteiger partial charge on any atom is -0.456 e. The van der Waals surface area contributed by atoms with Crippen molar-refractivity contribution in [2.75, 3.05) is 4.90 Å². The van der Waals surface area contributed by atoms with Crippen molar-refractivity contribution in [2.45, 2.75) is 0 Å². The highest BCUT2D eigenvalue weighted by Gasteiger charge is 2.20. The van der Waals surface area contributed by atoms with Crippen LogP contribution in [0.25, 0.3) is 65.8 Å². The number of furan rings is 3. The fourth-order valence-corrected chi connectivity index (χ4v) is 6.38. The number of anilines is 3. The summed E-state index contributed by atoms with van der Waals surface area (Å²) in [6.07, 6.45) is 0. The van der Waals surface area contributed by atoms with Crippen LogP contribution in [0.2, 0.25) is 5.02 Å². The van der Waals surface area contributed by atoms with E-state index in [9.17, 15) is 0 Å². The Labute approximate surface area is 238 Å². The van der Waals surface area contributed by atoms with Crippen molar-refractivity contribution in [1.29, 1.82) is 0 Å². The Kier molecular flexibility index (Phi) is 4.63. The highest BCUT2D eigenvalue weighted by molar-refractivity contribution is 6.38. The van der Waals surface area contributed by atoms with Crippen LogP contribution in [0.4, 0.5) is 17.1 Å². The zero-order valence-corrected chi connectivity index (χ0v) is 22.4. The maximum absolute atomic E-state index is 7.00. The minimum absolute atomic E-state index is 0.636. The van der Waals surface area contributed by atoms with E-state index >= 15 is 0 Å². The number of fused-ring (bicyclic) bond motifs is 9. The first-order chi connectivity index (χ1) is 20.2. The van der Waals surface area contributed by atoms with Gasteiger partial charge >= 0.3 is 0 Å². The van der Waals surface area contributed by atoms with E-state index in [1.165, 1.54) is 0 Å². The van der Waals surface area contributed by atoms with Crippen molar-refractivity contribution in [2.24, 2.45) is 0 Å². The molecule has 41 heavy (non-hydrogen) atoms. The van der Waals surface area contributed by atoms with E-state index in [4.69, 9.17) is 24.9 Å². The molecule has 0 fully saturated rings. The molecule has 0 saturated carbocycles. The molecule has 0 N–H and O–H groups in total. The van der Waals surface area contributed by atoms with Crippen LogP contribution < -0.4 is 4.90 Å². The summed E-state index contributed by atoms with van der Waals surface area (Å²) in [5.41, 5.74) is 7.81. The molecule has 6 aromatic carbocycles. The summed E-state index contributed by atoms with van der Waals surface area (Å²) in [5.74, 6) is 0. The van der Waals surface area contributed by atoms with E-state index in [1.54, 1.807) is 0 Å². The van der Waals surface area contributed by atoms with E-state index < -0.39 is 0 Å². The first kappa shape index (κ1) is 22.6. The number of benzene rings is 6. The first-order valence-corrected chi connectivity index (χ1v) is 13.8. The second kappa shape index (κ2) is 8.40. The van der Waals surface area contributed by atoms with Gasteiger partial charge in [0, 0.05) is 49.8 Å². The second-order valence-electron chi connectivity index (χ2n) is 10.3. The Balaban J connectivity index is 1.33. The lowest BCUT2D eigenvalue weighted by Crippen LogP contribution is -2.09. The second-order valence-corrected chi connectivity index (χ2v) is 10.7.